The molecule has 0 saturated heterocycles. The van der Waals surface area contributed by atoms with E-state index in [2.05, 4.69) is 37.4 Å². The average Bonchev–Trinajstić information content (AvgIpc) is 2.60. The van der Waals surface area contributed by atoms with E-state index >= 15 is 0 Å². The maximum atomic E-state index is 12.4. The summed E-state index contributed by atoms with van der Waals surface area (Å²) in [6.45, 7) is 4.28. The van der Waals surface area contributed by atoms with Crippen molar-refractivity contribution in [3.05, 3.63) is 83.9 Å². The van der Waals surface area contributed by atoms with E-state index in [0.717, 1.165) is 22.0 Å². The number of hydrogen-bond acceptors (Lipinski definition) is 1. The molecule has 1 N–H and O–H groups in total. The summed E-state index contributed by atoms with van der Waals surface area (Å²) in [4.78, 5) is 12.4. The number of benzene rings is 3. The number of fused-ring (bicyclic) bond motifs is 1. The van der Waals surface area contributed by atoms with Crippen LogP contribution in [0.2, 0.25) is 0 Å². The third-order valence-corrected chi connectivity index (χ3v) is 3.85. The third kappa shape index (κ3) is 3.90. The molecule has 3 aromatic rings. The van der Waals surface area contributed by atoms with E-state index in [0.29, 0.717) is 11.5 Å². The summed E-state index contributed by atoms with van der Waals surface area (Å²) in [6, 6.07) is 21.7. The lowest BCUT2D eigenvalue weighted by Crippen LogP contribution is -2.11. The van der Waals surface area contributed by atoms with Gasteiger partial charge in [0, 0.05) is 11.3 Å². The van der Waals surface area contributed by atoms with Crippen molar-refractivity contribution in [1.29, 1.82) is 0 Å². The fourth-order valence-corrected chi connectivity index (χ4v) is 2.52. The Balaban J connectivity index is 1.73. The van der Waals surface area contributed by atoms with Crippen molar-refractivity contribution in [2.24, 2.45) is 5.92 Å². The maximum Gasteiger partial charge on any atom is 0.255 e. The molecule has 2 nitrogen and oxygen atoms in total. The van der Waals surface area contributed by atoms with Crippen molar-refractivity contribution in [2.45, 2.75) is 13.8 Å². The van der Waals surface area contributed by atoms with Crippen LogP contribution in [0.4, 0.5) is 5.69 Å². The number of allylic oxidation sites excluding steroid dienone is 1. The van der Waals surface area contributed by atoms with Gasteiger partial charge in [0.1, 0.15) is 0 Å². The predicted octanol–water partition coefficient (Wildman–Crippen LogP) is 5.76. The summed E-state index contributed by atoms with van der Waals surface area (Å²) in [5.41, 5.74) is 2.57. The number of hydrogen-bond donors (Lipinski definition) is 1. The molecule has 0 aliphatic rings. The van der Waals surface area contributed by atoms with Gasteiger partial charge < -0.3 is 5.32 Å². The molecular weight excluding hydrogens is 294 g/mol. The highest BCUT2D eigenvalue weighted by atomic mass is 16.1. The first-order chi connectivity index (χ1) is 11.6. The van der Waals surface area contributed by atoms with E-state index in [1.54, 1.807) is 0 Å². The van der Waals surface area contributed by atoms with E-state index in [1.807, 2.05) is 60.7 Å². The van der Waals surface area contributed by atoms with E-state index < -0.39 is 0 Å². The van der Waals surface area contributed by atoms with Crippen LogP contribution in [0.25, 0.3) is 16.8 Å². The largest absolute Gasteiger partial charge is 0.322 e. The number of carbonyl (C=O) groups excluding carboxylic acids is 1. The van der Waals surface area contributed by atoms with Gasteiger partial charge in [-0.05, 0) is 46.5 Å². The topological polar surface area (TPSA) is 29.1 Å². The standard InChI is InChI=1S/C22H21NO/c1-16(2)7-8-17-9-11-19(12-10-17)22(24)23-21-14-13-18-5-3-4-6-20(18)15-21/h3-16H,1-2H3,(H,23,24). The zero-order valence-electron chi connectivity index (χ0n) is 14.0. The van der Waals surface area contributed by atoms with Crippen LogP contribution in [0, 0.1) is 5.92 Å². The highest BCUT2D eigenvalue weighted by Crippen LogP contribution is 2.19. The minimum absolute atomic E-state index is 0.0929. The Morgan fingerprint density at radius 3 is 2.33 bits per heavy atom. The molecule has 0 saturated carbocycles. The summed E-state index contributed by atoms with van der Waals surface area (Å²) in [5, 5.41) is 5.24. The minimum atomic E-state index is -0.0929. The molecule has 0 aromatic heterocycles. The summed E-state index contributed by atoms with van der Waals surface area (Å²) < 4.78 is 0. The van der Waals surface area contributed by atoms with Crippen LogP contribution in [0.1, 0.15) is 29.8 Å². The van der Waals surface area contributed by atoms with E-state index in [4.69, 9.17) is 0 Å². The summed E-state index contributed by atoms with van der Waals surface area (Å²) >= 11 is 0. The smallest absolute Gasteiger partial charge is 0.255 e. The molecule has 3 rings (SSSR count). The molecule has 0 aliphatic carbocycles. The van der Waals surface area contributed by atoms with E-state index in [-0.39, 0.29) is 5.91 Å². The fraction of sp³-hybridized carbons (Fsp3) is 0.136. The molecule has 2 heteroatoms. The van der Waals surface area contributed by atoms with Crippen LogP contribution >= 0.6 is 0 Å². The third-order valence-electron chi connectivity index (χ3n) is 3.85. The normalized spacial score (nSPS) is 11.3. The molecule has 0 spiro atoms. The molecule has 3 aromatic carbocycles. The lowest BCUT2D eigenvalue weighted by molar-refractivity contribution is 0.102. The van der Waals surface area contributed by atoms with Gasteiger partial charge >= 0.3 is 0 Å². The van der Waals surface area contributed by atoms with Gasteiger partial charge in [-0.3, -0.25) is 4.79 Å². The molecule has 0 heterocycles. The second kappa shape index (κ2) is 7.14. The van der Waals surface area contributed by atoms with Crippen LogP contribution < -0.4 is 5.32 Å². The molecule has 0 radical (unpaired) electrons. The Bertz CT molecular complexity index is 876. The molecule has 0 fully saturated rings. The zero-order chi connectivity index (χ0) is 16.9. The van der Waals surface area contributed by atoms with Crippen LogP contribution in [-0.4, -0.2) is 5.91 Å². The van der Waals surface area contributed by atoms with Gasteiger partial charge in [-0.25, -0.2) is 0 Å². The lowest BCUT2D eigenvalue weighted by Gasteiger charge is -2.07. The van der Waals surface area contributed by atoms with Crippen molar-refractivity contribution in [2.75, 3.05) is 5.32 Å². The Morgan fingerprint density at radius 2 is 1.62 bits per heavy atom. The number of amides is 1. The van der Waals surface area contributed by atoms with Crippen molar-refractivity contribution >= 4 is 28.4 Å². The number of carbonyl (C=O) groups is 1. The SMILES string of the molecule is CC(C)C=Cc1ccc(C(=O)Nc2ccc3ccccc3c2)cc1. The Morgan fingerprint density at radius 1 is 0.917 bits per heavy atom. The molecule has 0 aliphatic heterocycles. The molecular formula is C22H21NO. The Labute approximate surface area is 142 Å². The second-order valence-corrected chi connectivity index (χ2v) is 6.24. The number of nitrogens with one attached hydrogen (secondary N) is 1. The summed E-state index contributed by atoms with van der Waals surface area (Å²) in [6.07, 6.45) is 4.22. The zero-order valence-corrected chi connectivity index (χ0v) is 14.0. The monoisotopic (exact) mass is 315 g/mol. The van der Waals surface area contributed by atoms with Gasteiger partial charge in [0.25, 0.3) is 5.91 Å². The number of rotatable bonds is 4. The van der Waals surface area contributed by atoms with Crippen LogP contribution in [0.3, 0.4) is 0 Å². The quantitative estimate of drug-likeness (QED) is 0.651. The van der Waals surface area contributed by atoms with Gasteiger partial charge in [0.05, 0.1) is 0 Å². The summed E-state index contributed by atoms with van der Waals surface area (Å²) in [5.74, 6) is 0.422. The molecule has 0 bridgehead atoms. The highest BCUT2D eigenvalue weighted by Gasteiger charge is 2.06. The fourth-order valence-electron chi connectivity index (χ4n) is 2.52. The molecule has 120 valence electrons. The van der Waals surface area contributed by atoms with Crippen molar-refractivity contribution in [1.82, 2.24) is 0 Å². The minimum Gasteiger partial charge on any atom is -0.322 e. The molecule has 1 amide bonds. The molecule has 0 atom stereocenters. The number of anilines is 1. The van der Waals surface area contributed by atoms with Crippen LogP contribution in [-0.2, 0) is 0 Å². The van der Waals surface area contributed by atoms with E-state index in [9.17, 15) is 4.79 Å². The first kappa shape index (κ1) is 16.0. The molecule has 24 heavy (non-hydrogen) atoms. The predicted molar refractivity (Wildman–Crippen MR) is 102 cm³/mol. The van der Waals surface area contributed by atoms with Gasteiger partial charge in [0.2, 0.25) is 0 Å². The Hall–Kier alpha value is -2.87. The Kier molecular flexibility index (Phi) is 4.76. The van der Waals surface area contributed by atoms with Crippen molar-refractivity contribution in [3.8, 4) is 0 Å². The summed E-state index contributed by atoms with van der Waals surface area (Å²) in [7, 11) is 0. The maximum absolute atomic E-state index is 12.4. The van der Waals surface area contributed by atoms with Crippen LogP contribution in [0.15, 0.2) is 72.8 Å². The van der Waals surface area contributed by atoms with Crippen molar-refractivity contribution in [3.63, 3.8) is 0 Å². The van der Waals surface area contributed by atoms with E-state index in [1.165, 1.54) is 0 Å². The van der Waals surface area contributed by atoms with Gasteiger partial charge in [-0.2, -0.15) is 0 Å². The van der Waals surface area contributed by atoms with Gasteiger partial charge in [-0.15, -0.1) is 0 Å². The van der Waals surface area contributed by atoms with Crippen LogP contribution in [0.5, 0.6) is 0 Å². The highest BCUT2D eigenvalue weighted by molar-refractivity contribution is 6.05. The first-order valence-corrected chi connectivity index (χ1v) is 8.20. The van der Waals surface area contributed by atoms with Crippen molar-refractivity contribution < 1.29 is 4.79 Å². The first-order valence-electron chi connectivity index (χ1n) is 8.20. The lowest BCUT2D eigenvalue weighted by atomic mass is 10.1. The van der Waals surface area contributed by atoms with Gasteiger partial charge in [-0.1, -0.05) is 68.5 Å². The molecule has 0 unspecified atom stereocenters. The average molecular weight is 315 g/mol. The second-order valence-electron chi connectivity index (χ2n) is 6.24. The van der Waals surface area contributed by atoms with Gasteiger partial charge in [0.15, 0.2) is 0 Å².